The number of amides is 1. The van der Waals surface area contributed by atoms with Crippen molar-refractivity contribution in [3.05, 3.63) is 70.3 Å². The smallest absolute Gasteiger partial charge is 0.261 e. The van der Waals surface area contributed by atoms with Gasteiger partial charge in [0.25, 0.3) is 5.91 Å². The summed E-state index contributed by atoms with van der Waals surface area (Å²) >= 11 is 8.01. The lowest BCUT2D eigenvalue weighted by atomic mass is 9.68. The van der Waals surface area contributed by atoms with E-state index in [1.165, 1.54) is 24.0 Å². The molecule has 0 radical (unpaired) electrons. The zero-order chi connectivity index (χ0) is 28.1. The van der Waals surface area contributed by atoms with Crippen molar-refractivity contribution in [3.63, 3.8) is 0 Å². The molecule has 2 saturated carbocycles. The fourth-order valence-electron chi connectivity index (χ4n) is 7.80. The van der Waals surface area contributed by atoms with Gasteiger partial charge in [0.15, 0.2) is 0 Å². The standard InChI is InChI=1S/C34H41ClN2O3S/c1-21-4-2-6-30(38)27-12-9-25(27)18-37-19-34(15-3-5-23-16-26(35)11-13-28(23)34)20-40-31-14-10-24(17-29(31)37)33(39)36-41-32(21)22-7-8-22/h2,6,10-11,13-14,16-17,21-22,25,27,30,32,38H,3-5,7-9,12,15,18-20H2,1H3,(H,36,39)/b6-2-/t21-,25+,27-,30+,32+,34+/m1/s1. The van der Waals surface area contributed by atoms with Crippen LogP contribution in [0.2, 0.25) is 5.02 Å². The lowest BCUT2D eigenvalue weighted by Gasteiger charge is -2.45. The molecule has 2 bridgehead atoms. The highest BCUT2D eigenvalue weighted by Gasteiger charge is 2.44. The van der Waals surface area contributed by atoms with E-state index in [-0.39, 0.29) is 17.2 Å². The predicted octanol–water partition coefficient (Wildman–Crippen LogP) is 6.95. The summed E-state index contributed by atoms with van der Waals surface area (Å²) in [5, 5.41) is 12.4. The quantitative estimate of drug-likeness (QED) is 0.277. The number of ether oxygens (including phenoxy) is 1. The lowest BCUT2D eigenvalue weighted by molar-refractivity contribution is 0.0455. The van der Waals surface area contributed by atoms with Crippen LogP contribution in [0.3, 0.4) is 0 Å². The van der Waals surface area contributed by atoms with Crippen LogP contribution in [0.5, 0.6) is 5.75 Å². The van der Waals surface area contributed by atoms with Gasteiger partial charge in [-0.1, -0.05) is 36.7 Å². The van der Waals surface area contributed by atoms with Crippen LogP contribution in [0, 0.1) is 23.7 Å². The Kier molecular flexibility index (Phi) is 7.53. The van der Waals surface area contributed by atoms with E-state index in [0.29, 0.717) is 35.2 Å². The number of anilines is 1. The minimum Gasteiger partial charge on any atom is -0.490 e. The molecule has 2 fully saturated rings. The molecule has 2 aromatic rings. The number of allylic oxidation sites excluding steroid dienone is 1. The highest BCUT2D eigenvalue weighted by atomic mass is 35.5. The van der Waals surface area contributed by atoms with E-state index >= 15 is 0 Å². The molecule has 1 amide bonds. The first-order chi connectivity index (χ1) is 19.9. The Bertz CT molecular complexity index is 1350. The summed E-state index contributed by atoms with van der Waals surface area (Å²) in [6, 6.07) is 12.3. The van der Waals surface area contributed by atoms with Gasteiger partial charge in [-0.2, -0.15) is 0 Å². The molecule has 7 rings (SSSR count). The maximum Gasteiger partial charge on any atom is 0.261 e. The van der Waals surface area contributed by atoms with Crippen molar-refractivity contribution in [1.82, 2.24) is 4.72 Å². The second-order valence-electron chi connectivity index (χ2n) is 13.3. The van der Waals surface area contributed by atoms with E-state index in [4.69, 9.17) is 16.3 Å². The van der Waals surface area contributed by atoms with Gasteiger partial charge in [-0.15, -0.1) is 0 Å². The molecule has 0 aromatic heterocycles. The molecule has 41 heavy (non-hydrogen) atoms. The maximum absolute atomic E-state index is 13.5. The van der Waals surface area contributed by atoms with E-state index in [9.17, 15) is 9.90 Å². The minimum atomic E-state index is -0.416. The van der Waals surface area contributed by atoms with E-state index in [1.54, 1.807) is 11.9 Å². The van der Waals surface area contributed by atoms with E-state index < -0.39 is 6.10 Å². The molecule has 5 aliphatic rings. The molecule has 2 aromatic carbocycles. The van der Waals surface area contributed by atoms with Crippen LogP contribution in [-0.2, 0) is 11.8 Å². The number of carbonyl (C=O) groups is 1. The molecule has 1 spiro atoms. The van der Waals surface area contributed by atoms with Gasteiger partial charge in [0.1, 0.15) is 5.75 Å². The van der Waals surface area contributed by atoms with Crippen molar-refractivity contribution in [2.75, 3.05) is 24.6 Å². The first kappa shape index (κ1) is 27.7. The molecule has 6 atom stereocenters. The largest absolute Gasteiger partial charge is 0.490 e. The highest BCUT2D eigenvalue weighted by Crippen LogP contribution is 2.47. The van der Waals surface area contributed by atoms with Gasteiger partial charge in [-0.3, -0.25) is 9.52 Å². The number of rotatable bonds is 1. The third-order valence-corrected chi connectivity index (χ3v) is 12.1. The number of benzene rings is 2. The number of carbonyl (C=O) groups excluding carboxylic acids is 1. The maximum atomic E-state index is 13.5. The van der Waals surface area contributed by atoms with Gasteiger partial charge < -0.3 is 14.7 Å². The summed E-state index contributed by atoms with van der Waals surface area (Å²) in [6.07, 6.45) is 12.6. The van der Waals surface area contributed by atoms with Crippen molar-refractivity contribution in [1.29, 1.82) is 0 Å². The number of nitrogens with one attached hydrogen (secondary N) is 1. The van der Waals surface area contributed by atoms with Crippen LogP contribution in [0.25, 0.3) is 0 Å². The Labute approximate surface area is 253 Å². The molecule has 0 unspecified atom stereocenters. The predicted molar refractivity (Wildman–Crippen MR) is 167 cm³/mol. The molecule has 5 nitrogen and oxygen atoms in total. The summed E-state index contributed by atoms with van der Waals surface area (Å²) in [4.78, 5) is 16.0. The van der Waals surface area contributed by atoms with Gasteiger partial charge in [0.05, 0.1) is 18.4 Å². The number of hydrogen-bond acceptors (Lipinski definition) is 5. The number of aryl methyl sites for hydroxylation is 1. The number of halogens is 1. The molecular weight excluding hydrogens is 552 g/mol. The monoisotopic (exact) mass is 592 g/mol. The second kappa shape index (κ2) is 11.2. The third kappa shape index (κ3) is 5.41. The first-order valence-electron chi connectivity index (χ1n) is 15.5. The summed E-state index contributed by atoms with van der Waals surface area (Å²) in [5.74, 6) is 2.55. The Morgan fingerprint density at radius 3 is 2.78 bits per heavy atom. The van der Waals surface area contributed by atoms with Gasteiger partial charge in [-0.05, 0) is 128 Å². The zero-order valence-electron chi connectivity index (χ0n) is 23.9. The van der Waals surface area contributed by atoms with Crippen molar-refractivity contribution in [2.24, 2.45) is 23.7 Å². The van der Waals surface area contributed by atoms with Crippen LogP contribution in [0.1, 0.15) is 73.4 Å². The minimum absolute atomic E-state index is 0.0354. The average molecular weight is 593 g/mol. The van der Waals surface area contributed by atoms with Gasteiger partial charge in [-0.25, -0.2) is 0 Å². The number of fused-ring (bicyclic) bond motifs is 4. The molecular formula is C34H41ClN2O3S. The summed E-state index contributed by atoms with van der Waals surface area (Å²) in [6.45, 7) is 4.55. The van der Waals surface area contributed by atoms with Crippen LogP contribution >= 0.6 is 23.5 Å². The van der Waals surface area contributed by atoms with Crippen LogP contribution in [-0.4, -0.2) is 42.1 Å². The zero-order valence-corrected chi connectivity index (χ0v) is 25.4. The first-order valence-corrected chi connectivity index (χ1v) is 16.8. The van der Waals surface area contributed by atoms with E-state index in [2.05, 4.69) is 34.8 Å². The molecule has 3 aliphatic carbocycles. The SMILES string of the molecule is C[C@@H]1C/C=C\[C@H](O)[C@@H]2CC[C@H]2CN2C[C@@]3(CCCc4cc(Cl)ccc43)COc3ccc(cc32)C(=O)NS[C@@H]1C1CC1. The topological polar surface area (TPSA) is 61.8 Å². The molecule has 218 valence electrons. The summed E-state index contributed by atoms with van der Waals surface area (Å²) in [5.41, 5.74) is 4.19. The number of aliphatic hydroxyl groups excluding tert-OH is 1. The molecule has 0 saturated heterocycles. The fourth-order valence-corrected chi connectivity index (χ4v) is 9.16. The Morgan fingerprint density at radius 2 is 1.98 bits per heavy atom. The lowest BCUT2D eigenvalue weighted by Crippen LogP contribution is -2.49. The molecule has 2 N–H and O–H groups in total. The fraction of sp³-hybridized carbons (Fsp3) is 0.559. The molecule has 2 aliphatic heterocycles. The van der Waals surface area contributed by atoms with Crippen LogP contribution in [0.15, 0.2) is 48.6 Å². The normalized spacial score (nSPS) is 34.4. The second-order valence-corrected chi connectivity index (χ2v) is 14.7. The van der Waals surface area contributed by atoms with Gasteiger partial charge >= 0.3 is 0 Å². The highest BCUT2D eigenvalue weighted by molar-refractivity contribution is 7.98. The van der Waals surface area contributed by atoms with E-state index in [1.807, 2.05) is 30.3 Å². The summed E-state index contributed by atoms with van der Waals surface area (Å²) in [7, 11) is 0. The number of aliphatic hydroxyl groups is 1. The molecule has 7 heteroatoms. The van der Waals surface area contributed by atoms with Gasteiger partial charge in [0.2, 0.25) is 0 Å². The number of hydrogen-bond donors (Lipinski definition) is 2. The van der Waals surface area contributed by atoms with Crippen molar-refractivity contribution in [2.45, 2.75) is 75.1 Å². The Hall–Kier alpha value is -2.15. The Balaban J connectivity index is 1.26. The van der Waals surface area contributed by atoms with E-state index in [0.717, 1.165) is 68.1 Å². The Morgan fingerprint density at radius 1 is 1.12 bits per heavy atom. The van der Waals surface area contributed by atoms with Crippen molar-refractivity contribution >= 4 is 35.1 Å². The van der Waals surface area contributed by atoms with Crippen molar-refractivity contribution < 1.29 is 14.6 Å². The molecule has 2 heterocycles. The number of nitrogens with zero attached hydrogens (tertiary/aromatic N) is 1. The van der Waals surface area contributed by atoms with Crippen LogP contribution < -0.4 is 14.4 Å². The van der Waals surface area contributed by atoms with Crippen molar-refractivity contribution in [3.8, 4) is 5.75 Å². The average Bonchev–Trinajstić information content (AvgIpc) is 3.79. The third-order valence-electron chi connectivity index (χ3n) is 10.4. The van der Waals surface area contributed by atoms with Gasteiger partial charge in [0, 0.05) is 34.3 Å². The summed E-state index contributed by atoms with van der Waals surface area (Å²) < 4.78 is 9.83. The van der Waals surface area contributed by atoms with Crippen LogP contribution in [0.4, 0.5) is 5.69 Å².